The summed E-state index contributed by atoms with van der Waals surface area (Å²) in [4.78, 5) is 0. The summed E-state index contributed by atoms with van der Waals surface area (Å²) in [6.45, 7) is 0. The van der Waals surface area contributed by atoms with Crippen LogP contribution in [0.15, 0.2) is 6.07 Å². The topological polar surface area (TPSA) is 53.1 Å². The molecule has 0 unspecified atom stereocenters. The first-order chi connectivity index (χ1) is 4.24. The maximum Gasteiger partial charge on any atom is 0.234 e. The third-order valence-electron chi connectivity index (χ3n) is 1.10. The average molecular weight is 164 g/mol. The molecular weight excluding hydrogens is 154 g/mol. The quantitative estimate of drug-likeness (QED) is 0.654. The van der Waals surface area contributed by atoms with Crippen molar-refractivity contribution in [2.75, 3.05) is 12.8 Å². The smallest absolute Gasteiger partial charge is 0.234 e. The van der Waals surface area contributed by atoms with E-state index in [1.807, 2.05) is 0 Å². The van der Waals surface area contributed by atoms with Gasteiger partial charge in [-0.15, -0.1) is 17.5 Å². The molecule has 0 radical (unpaired) electrons. The number of hydrogen-bond donors (Lipinski definition) is 1. The molecule has 10 heavy (non-hydrogen) atoms. The fraction of sp³-hybridized carbons (Fsp3) is 0.400. The van der Waals surface area contributed by atoms with Gasteiger partial charge in [0.05, 0.1) is 7.11 Å². The van der Waals surface area contributed by atoms with Crippen LogP contribution in [0.4, 0.5) is 5.82 Å². The molecule has 0 saturated carbocycles. The molecule has 4 nitrogen and oxygen atoms in total. The second-order valence-corrected chi connectivity index (χ2v) is 1.74. The van der Waals surface area contributed by atoms with E-state index in [0.717, 1.165) is 0 Å². The molecule has 1 heterocycles. The van der Waals surface area contributed by atoms with E-state index in [-0.39, 0.29) is 12.4 Å². The Morgan fingerprint density at radius 1 is 1.70 bits per heavy atom. The lowest BCUT2D eigenvalue weighted by molar-refractivity contribution is 0.392. The van der Waals surface area contributed by atoms with Crippen LogP contribution >= 0.6 is 12.4 Å². The first-order valence-electron chi connectivity index (χ1n) is 2.57. The maximum absolute atomic E-state index is 5.44. The van der Waals surface area contributed by atoms with Crippen LogP contribution in [0.1, 0.15) is 0 Å². The highest BCUT2D eigenvalue weighted by molar-refractivity contribution is 5.85. The van der Waals surface area contributed by atoms with Crippen molar-refractivity contribution < 1.29 is 4.74 Å². The number of rotatable bonds is 1. The fourth-order valence-electron chi connectivity index (χ4n) is 0.554. The SMILES string of the molecule is COc1cc(N)n(C)n1.Cl. The van der Waals surface area contributed by atoms with Gasteiger partial charge >= 0.3 is 0 Å². The number of nitrogens with zero attached hydrogens (tertiary/aromatic N) is 2. The number of hydrogen-bond acceptors (Lipinski definition) is 3. The van der Waals surface area contributed by atoms with Gasteiger partial charge < -0.3 is 10.5 Å². The number of aryl methyl sites for hydroxylation is 1. The third kappa shape index (κ3) is 1.54. The second kappa shape index (κ2) is 3.31. The first-order valence-corrected chi connectivity index (χ1v) is 2.57. The molecule has 0 spiro atoms. The zero-order valence-electron chi connectivity index (χ0n) is 5.87. The fourth-order valence-corrected chi connectivity index (χ4v) is 0.554. The van der Waals surface area contributed by atoms with Crippen LogP contribution in [0.25, 0.3) is 0 Å². The van der Waals surface area contributed by atoms with E-state index >= 15 is 0 Å². The van der Waals surface area contributed by atoms with Gasteiger partial charge in [0.25, 0.3) is 0 Å². The van der Waals surface area contributed by atoms with Crippen LogP contribution < -0.4 is 10.5 Å². The number of nitrogens with two attached hydrogens (primary N) is 1. The predicted octanol–water partition coefficient (Wildman–Crippen LogP) is 0.433. The molecule has 1 aromatic heterocycles. The lowest BCUT2D eigenvalue weighted by Crippen LogP contribution is -1.96. The van der Waals surface area contributed by atoms with Crippen LogP contribution in [0.3, 0.4) is 0 Å². The van der Waals surface area contributed by atoms with Gasteiger partial charge in [-0.3, -0.25) is 0 Å². The van der Waals surface area contributed by atoms with E-state index in [1.54, 1.807) is 24.9 Å². The lowest BCUT2D eigenvalue weighted by Gasteiger charge is -1.88. The van der Waals surface area contributed by atoms with E-state index in [4.69, 9.17) is 10.5 Å². The summed E-state index contributed by atoms with van der Waals surface area (Å²) in [5, 5.41) is 3.90. The Morgan fingerprint density at radius 2 is 2.30 bits per heavy atom. The normalized spacial score (nSPS) is 8.60. The number of halogens is 1. The Morgan fingerprint density at radius 3 is 2.50 bits per heavy atom. The van der Waals surface area contributed by atoms with Crippen LogP contribution in [0.5, 0.6) is 5.88 Å². The Hall–Kier alpha value is -0.900. The van der Waals surface area contributed by atoms with Gasteiger partial charge in [-0.1, -0.05) is 0 Å². The highest BCUT2D eigenvalue weighted by Crippen LogP contribution is 2.10. The molecule has 5 heteroatoms. The van der Waals surface area contributed by atoms with Crippen LogP contribution in [0.2, 0.25) is 0 Å². The van der Waals surface area contributed by atoms with Crippen molar-refractivity contribution in [3.63, 3.8) is 0 Å². The van der Waals surface area contributed by atoms with Crippen LogP contribution in [-0.4, -0.2) is 16.9 Å². The lowest BCUT2D eigenvalue weighted by atomic mass is 10.6. The predicted molar refractivity (Wildman–Crippen MR) is 41.4 cm³/mol. The Balaban J connectivity index is 0.000000810. The van der Waals surface area contributed by atoms with Crippen LogP contribution in [-0.2, 0) is 7.05 Å². The van der Waals surface area contributed by atoms with Gasteiger partial charge in [0.1, 0.15) is 5.82 Å². The minimum atomic E-state index is 0. The molecule has 2 N–H and O–H groups in total. The van der Waals surface area contributed by atoms with Crippen molar-refractivity contribution in [2.24, 2.45) is 7.05 Å². The summed E-state index contributed by atoms with van der Waals surface area (Å²) in [6, 6.07) is 1.67. The maximum atomic E-state index is 5.44. The summed E-state index contributed by atoms with van der Waals surface area (Å²) in [7, 11) is 3.32. The zero-order valence-corrected chi connectivity index (χ0v) is 6.68. The standard InChI is InChI=1S/C5H9N3O.ClH/c1-8-4(6)3-5(7-8)9-2;/h3H,6H2,1-2H3;1H. The van der Waals surface area contributed by atoms with Crippen LogP contribution in [0, 0.1) is 0 Å². The molecule has 0 amide bonds. The van der Waals surface area contributed by atoms with E-state index in [2.05, 4.69) is 5.10 Å². The molecule has 58 valence electrons. The van der Waals surface area contributed by atoms with Gasteiger partial charge in [-0.25, -0.2) is 4.68 Å². The molecule has 0 aliphatic carbocycles. The van der Waals surface area contributed by atoms with Crippen molar-refractivity contribution in [2.45, 2.75) is 0 Å². The molecule has 0 bridgehead atoms. The van der Waals surface area contributed by atoms with E-state index in [9.17, 15) is 0 Å². The molecule has 0 aliphatic rings. The van der Waals surface area contributed by atoms with Crippen molar-refractivity contribution in [3.05, 3.63) is 6.07 Å². The molecule has 1 rings (SSSR count). The molecular formula is C5H10ClN3O. The largest absolute Gasteiger partial charge is 0.480 e. The summed E-state index contributed by atoms with van der Waals surface area (Å²) in [5.74, 6) is 1.15. The minimum absolute atomic E-state index is 0. The molecule has 0 atom stereocenters. The summed E-state index contributed by atoms with van der Waals surface area (Å²) in [5.41, 5.74) is 5.44. The first kappa shape index (κ1) is 9.10. The van der Waals surface area contributed by atoms with Gasteiger partial charge in [0, 0.05) is 13.1 Å². The van der Waals surface area contributed by atoms with E-state index in [1.165, 1.54) is 0 Å². The monoisotopic (exact) mass is 163 g/mol. The van der Waals surface area contributed by atoms with Crippen molar-refractivity contribution >= 4 is 18.2 Å². The molecule has 0 aliphatic heterocycles. The van der Waals surface area contributed by atoms with Crippen molar-refractivity contribution in [3.8, 4) is 5.88 Å². The van der Waals surface area contributed by atoms with Gasteiger partial charge in [0.2, 0.25) is 5.88 Å². The highest BCUT2D eigenvalue weighted by atomic mass is 35.5. The van der Waals surface area contributed by atoms with E-state index < -0.39 is 0 Å². The van der Waals surface area contributed by atoms with E-state index in [0.29, 0.717) is 11.7 Å². The number of nitrogen functional groups attached to an aromatic ring is 1. The summed E-state index contributed by atoms with van der Waals surface area (Å²) >= 11 is 0. The number of anilines is 1. The second-order valence-electron chi connectivity index (χ2n) is 1.74. The Kier molecular flexibility index (Phi) is 3.02. The minimum Gasteiger partial charge on any atom is -0.480 e. The molecule has 0 fully saturated rings. The average Bonchev–Trinajstić information content (AvgIpc) is 2.13. The number of methoxy groups -OCH3 is 1. The molecule has 0 saturated heterocycles. The molecule has 0 aromatic carbocycles. The van der Waals surface area contributed by atoms with Gasteiger partial charge in [0.15, 0.2) is 0 Å². The summed E-state index contributed by atoms with van der Waals surface area (Å²) < 4.78 is 6.36. The van der Waals surface area contributed by atoms with Gasteiger partial charge in [-0.05, 0) is 0 Å². The van der Waals surface area contributed by atoms with Crippen molar-refractivity contribution in [1.82, 2.24) is 9.78 Å². The van der Waals surface area contributed by atoms with Gasteiger partial charge in [-0.2, -0.15) is 0 Å². The highest BCUT2D eigenvalue weighted by Gasteiger charge is 1.97. The third-order valence-corrected chi connectivity index (χ3v) is 1.10. The van der Waals surface area contributed by atoms with Crippen molar-refractivity contribution in [1.29, 1.82) is 0 Å². The summed E-state index contributed by atoms with van der Waals surface area (Å²) in [6.07, 6.45) is 0. The number of aromatic nitrogens is 2. The molecule has 1 aromatic rings. The Labute approximate surface area is 65.4 Å². The Bertz CT molecular complexity index is 191. The zero-order chi connectivity index (χ0) is 6.85. The number of ether oxygens (including phenoxy) is 1.